The van der Waals surface area contributed by atoms with E-state index in [4.69, 9.17) is 4.74 Å². The predicted octanol–water partition coefficient (Wildman–Crippen LogP) is 2.11. The molecule has 0 radical (unpaired) electrons. The second kappa shape index (κ2) is 7.05. The first-order valence-corrected chi connectivity index (χ1v) is 8.91. The first kappa shape index (κ1) is 18.9. The number of fused-ring (bicyclic) bond motifs is 1. The van der Waals surface area contributed by atoms with Crippen molar-refractivity contribution in [2.24, 2.45) is 0 Å². The summed E-state index contributed by atoms with van der Waals surface area (Å²) in [5, 5.41) is 10.3. The summed E-state index contributed by atoms with van der Waals surface area (Å²) in [5.74, 6) is -0.127. The van der Waals surface area contributed by atoms with Gasteiger partial charge in [0, 0.05) is 45.2 Å². The zero-order chi connectivity index (χ0) is 19.8. The fourth-order valence-electron chi connectivity index (χ4n) is 3.51. The largest absolute Gasteiger partial charge is 0.378 e. The monoisotopic (exact) mass is 368 g/mol. The molecule has 2 heterocycles. The molecule has 7 heteroatoms. The van der Waals surface area contributed by atoms with Gasteiger partial charge in [0.1, 0.15) is 11.6 Å². The Morgan fingerprint density at radius 3 is 2.56 bits per heavy atom. The minimum atomic E-state index is -0.410. The van der Waals surface area contributed by atoms with Gasteiger partial charge >= 0.3 is 0 Å². The summed E-state index contributed by atoms with van der Waals surface area (Å²) in [7, 11) is 5.09. The number of nitrogens with one attached hydrogen (secondary N) is 1. The third kappa shape index (κ3) is 3.40. The Kier molecular flexibility index (Phi) is 4.94. The molecule has 0 aliphatic carbocycles. The summed E-state index contributed by atoms with van der Waals surface area (Å²) in [5.41, 5.74) is 1.20. The van der Waals surface area contributed by atoms with Gasteiger partial charge in [-0.3, -0.25) is 9.59 Å². The number of piperidine rings is 1. The molecule has 1 saturated heterocycles. The second-order valence-electron chi connectivity index (χ2n) is 7.39. The van der Waals surface area contributed by atoms with Gasteiger partial charge < -0.3 is 19.5 Å². The summed E-state index contributed by atoms with van der Waals surface area (Å²) >= 11 is 0. The number of rotatable bonds is 3. The topological polar surface area (TPSA) is 89.4 Å². The number of carbonyl (C=O) groups is 1. The summed E-state index contributed by atoms with van der Waals surface area (Å²) in [6.45, 7) is 3.41. The van der Waals surface area contributed by atoms with Gasteiger partial charge in [0.05, 0.1) is 16.8 Å². The first-order chi connectivity index (χ1) is 12.8. The van der Waals surface area contributed by atoms with Crippen molar-refractivity contribution in [2.45, 2.75) is 25.4 Å². The Morgan fingerprint density at radius 1 is 1.33 bits per heavy atom. The molecule has 2 aromatic rings. The number of carbonyl (C=O) groups excluding carboxylic acids is 1. The molecule has 1 amide bonds. The summed E-state index contributed by atoms with van der Waals surface area (Å²) in [6.07, 6.45) is 1.58. The number of nitriles is 1. The molecule has 0 bridgehead atoms. The molecular formula is C20H24N4O3. The molecule has 27 heavy (non-hydrogen) atoms. The molecule has 142 valence electrons. The summed E-state index contributed by atoms with van der Waals surface area (Å²) in [4.78, 5) is 31.1. The molecule has 7 nitrogen and oxygen atoms in total. The molecule has 1 aromatic carbocycles. The van der Waals surface area contributed by atoms with Crippen LogP contribution >= 0.6 is 0 Å². The van der Waals surface area contributed by atoms with Gasteiger partial charge in [-0.1, -0.05) is 0 Å². The lowest BCUT2D eigenvalue weighted by molar-refractivity contribution is -0.0132. The number of methoxy groups -OCH3 is 1. The average molecular weight is 368 g/mol. The molecule has 0 atom stereocenters. The number of hydrogen-bond acceptors (Lipinski definition) is 5. The van der Waals surface area contributed by atoms with Gasteiger partial charge in [0.25, 0.3) is 11.5 Å². The van der Waals surface area contributed by atoms with Crippen molar-refractivity contribution in [2.75, 3.05) is 39.2 Å². The maximum atomic E-state index is 12.4. The molecular weight excluding hydrogens is 344 g/mol. The van der Waals surface area contributed by atoms with E-state index in [1.165, 1.54) is 4.90 Å². The van der Waals surface area contributed by atoms with E-state index in [0.29, 0.717) is 35.2 Å². The number of benzene rings is 1. The average Bonchev–Trinajstić information content (AvgIpc) is 2.66. The van der Waals surface area contributed by atoms with Gasteiger partial charge in [-0.05, 0) is 38.0 Å². The number of pyridine rings is 1. The van der Waals surface area contributed by atoms with Gasteiger partial charge in [-0.25, -0.2) is 0 Å². The van der Waals surface area contributed by atoms with Crippen molar-refractivity contribution in [1.29, 1.82) is 5.26 Å². The van der Waals surface area contributed by atoms with Gasteiger partial charge in [-0.15, -0.1) is 0 Å². The van der Waals surface area contributed by atoms with Crippen LogP contribution in [0.4, 0.5) is 5.69 Å². The van der Waals surface area contributed by atoms with E-state index in [-0.39, 0.29) is 17.1 Å². The Labute approximate surface area is 158 Å². The number of anilines is 1. The number of aromatic nitrogens is 1. The lowest BCUT2D eigenvalue weighted by Gasteiger charge is -2.40. The smallest absolute Gasteiger partial charge is 0.268 e. The van der Waals surface area contributed by atoms with Crippen LogP contribution in [-0.4, -0.2) is 55.7 Å². The van der Waals surface area contributed by atoms with Gasteiger partial charge in [0.2, 0.25) is 0 Å². The van der Waals surface area contributed by atoms with Crippen molar-refractivity contribution >= 4 is 22.5 Å². The number of amides is 1. The van der Waals surface area contributed by atoms with Crippen molar-refractivity contribution in [1.82, 2.24) is 9.88 Å². The molecule has 1 aliphatic heterocycles. The van der Waals surface area contributed by atoms with Crippen LogP contribution < -0.4 is 10.5 Å². The SMILES string of the molecule is COC1(C)CCN(c2c(C#N)c(=O)[nH]c3ccc(C(=O)N(C)C)cc23)CC1. The van der Waals surface area contributed by atoms with E-state index in [2.05, 4.69) is 16.8 Å². The maximum absolute atomic E-state index is 12.4. The molecule has 1 fully saturated rings. The Bertz CT molecular complexity index is 979. The molecule has 3 rings (SSSR count). The molecule has 0 unspecified atom stereocenters. The summed E-state index contributed by atoms with van der Waals surface area (Å²) < 4.78 is 5.60. The highest BCUT2D eigenvalue weighted by molar-refractivity contribution is 6.02. The first-order valence-electron chi connectivity index (χ1n) is 8.91. The van der Waals surface area contributed by atoms with Crippen molar-refractivity contribution in [3.8, 4) is 6.07 Å². The highest BCUT2D eigenvalue weighted by atomic mass is 16.5. The number of H-pyrrole nitrogens is 1. The quantitative estimate of drug-likeness (QED) is 0.896. The standard InChI is InChI=1S/C20H24N4O3/c1-20(27-4)7-9-24(10-8-20)17-14-11-13(19(26)23(2)3)5-6-16(14)22-18(25)15(17)12-21/h5-6,11H,7-10H2,1-4H3,(H,22,25). The lowest BCUT2D eigenvalue weighted by Crippen LogP contribution is -2.44. The van der Waals surface area contributed by atoms with E-state index < -0.39 is 5.56 Å². The van der Waals surface area contributed by atoms with Crippen LogP contribution in [0.25, 0.3) is 10.9 Å². The Hall–Kier alpha value is -2.85. The van der Waals surface area contributed by atoms with E-state index in [1.54, 1.807) is 39.4 Å². The van der Waals surface area contributed by atoms with E-state index >= 15 is 0 Å². The summed E-state index contributed by atoms with van der Waals surface area (Å²) in [6, 6.07) is 7.22. The van der Waals surface area contributed by atoms with Crippen LogP contribution in [0.2, 0.25) is 0 Å². The minimum absolute atomic E-state index is 0.0815. The van der Waals surface area contributed by atoms with E-state index in [0.717, 1.165) is 12.8 Å². The van der Waals surface area contributed by atoms with E-state index in [1.807, 2.05) is 6.07 Å². The van der Waals surface area contributed by atoms with Crippen LogP contribution in [0.15, 0.2) is 23.0 Å². The predicted molar refractivity (Wildman–Crippen MR) is 104 cm³/mol. The lowest BCUT2D eigenvalue weighted by atomic mass is 9.92. The normalized spacial score (nSPS) is 16.2. The molecule has 1 N–H and O–H groups in total. The van der Waals surface area contributed by atoms with Crippen LogP contribution in [-0.2, 0) is 4.74 Å². The maximum Gasteiger partial charge on any atom is 0.268 e. The van der Waals surface area contributed by atoms with Gasteiger partial charge in [0.15, 0.2) is 0 Å². The zero-order valence-corrected chi connectivity index (χ0v) is 16.1. The van der Waals surface area contributed by atoms with Crippen molar-refractivity contribution in [3.05, 3.63) is 39.7 Å². The van der Waals surface area contributed by atoms with Gasteiger partial charge in [-0.2, -0.15) is 5.26 Å². The third-order valence-electron chi connectivity index (χ3n) is 5.38. The highest BCUT2D eigenvalue weighted by Gasteiger charge is 2.32. The second-order valence-corrected chi connectivity index (χ2v) is 7.39. The zero-order valence-electron chi connectivity index (χ0n) is 16.1. The minimum Gasteiger partial charge on any atom is -0.378 e. The van der Waals surface area contributed by atoms with Crippen LogP contribution in [0, 0.1) is 11.3 Å². The molecule has 1 aromatic heterocycles. The van der Waals surface area contributed by atoms with Crippen LogP contribution in [0.3, 0.4) is 0 Å². The molecule has 0 spiro atoms. The molecule has 0 saturated carbocycles. The third-order valence-corrected chi connectivity index (χ3v) is 5.38. The van der Waals surface area contributed by atoms with Crippen molar-refractivity contribution in [3.63, 3.8) is 0 Å². The Morgan fingerprint density at radius 2 is 2.00 bits per heavy atom. The number of aromatic amines is 1. The number of hydrogen-bond donors (Lipinski definition) is 1. The Balaban J connectivity index is 2.17. The highest BCUT2D eigenvalue weighted by Crippen LogP contribution is 2.33. The fraction of sp³-hybridized carbons (Fsp3) is 0.450. The van der Waals surface area contributed by atoms with Crippen LogP contribution in [0.5, 0.6) is 0 Å². The van der Waals surface area contributed by atoms with E-state index in [9.17, 15) is 14.9 Å². The number of nitrogens with zero attached hydrogens (tertiary/aromatic N) is 3. The van der Waals surface area contributed by atoms with Crippen molar-refractivity contribution < 1.29 is 9.53 Å². The molecule has 1 aliphatic rings. The number of ether oxygens (including phenoxy) is 1. The fourth-order valence-corrected chi connectivity index (χ4v) is 3.51. The van der Waals surface area contributed by atoms with Crippen LogP contribution in [0.1, 0.15) is 35.7 Å².